The van der Waals surface area contributed by atoms with E-state index in [-0.39, 0.29) is 38.9 Å². The number of amides is 1. The number of alkyl halides is 3. The van der Waals surface area contributed by atoms with Crippen LogP contribution in [0.2, 0.25) is 0 Å². The fourth-order valence-corrected chi connectivity index (χ4v) is 4.79. The van der Waals surface area contributed by atoms with Gasteiger partial charge in [-0.25, -0.2) is 8.42 Å². The van der Waals surface area contributed by atoms with Crippen LogP contribution in [-0.2, 0) is 16.2 Å². The van der Waals surface area contributed by atoms with Gasteiger partial charge in [0.15, 0.2) is 11.5 Å². The predicted molar refractivity (Wildman–Crippen MR) is 98.7 cm³/mol. The van der Waals surface area contributed by atoms with Crippen molar-refractivity contribution in [1.82, 2.24) is 9.21 Å². The summed E-state index contributed by atoms with van der Waals surface area (Å²) in [5.41, 5.74) is -0.645. The normalized spacial score (nSPS) is 17.2. The molecule has 2 aromatic rings. The van der Waals surface area contributed by atoms with Crippen LogP contribution in [0.3, 0.4) is 0 Å². The minimum absolute atomic E-state index is 0.0190. The summed E-state index contributed by atoms with van der Waals surface area (Å²) in [5, 5.41) is 0. The Morgan fingerprint density at radius 1 is 0.933 bits per heavy atom. The van der Waals surface area contributed by atoms with E-state index in [4.69, 9.17) is 9.47 Å². The van der Waals surface area contributed by atoms with Gasteiger partial charge in [0.1, 0.15) is 0 Å². The van der Waals surface area contributed by atoms with Crippen LogP contribution < -0.4 is 9.47 Å². The van der Waals surface area contributed by atoms with Gasteiger partial charge in [-0.2, -0.15) is 17.5 Å². The molecule has 0 spiro atoms. The van der Waals surface area contributed by atoms with E-state index in [2.05, 4.69) is 0 Å². The number of carbonyl (C=O) groups is 1. The first-order chi connectivity index (χ1) is 14.2. The minimum Gasteiger partial charge on any atom is -0.454 e. The molecule has 0 unspecified atom stereocenters. The monoisotopic (exact) mass is 442 g/mol. The molecular weight excluding hydrogens is 425 g/mol. The van der Waals surface area contributed by atoms with Gasteiger partial charge in [-0.1, -0.05) is 6.07 Å². The van der Waals surface area contributed by atoms with Crippen molar-refractivity contribution in [3.8, 4) is 11.5 Å². The second kappa shape index (κ2) is 7.47. The highest BCUT2D eigenvalue weighted by Gasteiger charge is 2.34. The molecule has 7 nitrogen and oxygen atoms in total. The van der Waals surface area contributed by atoms with Gasteiger partial charge in [0.05, 0.1) is 10.5 Å². The maximum atomic E-state index is 12.9. The molecule has 30 heavy (non-hydrogen) atoms. The molecule has 2 aromatic carbocycles. The lowest BCUT2D eigenvalue weighted by atomic mass is 10.1. The largest absolute Gasteiger partial charge is 0.454 e. The highest BCUT2D eigenvalue weighted by molar-refractivity contribution is 7.89. The summed E-state index contributed by atoms with van der Waals surface area (Å²) in [4.78, 5) is 13.8. The molecule has 1 amide bonds. The molecule has 0 bridgehead atoms. The number of rotatable bonds is 3. The van der Waals surface area contributed by atoms with E-state index in [1.165, 1.54) is 4.90 Å². The molecule has 0 aromatic heterocycles. The van der Waals surface area contributed by atoms with Gasteiger partial charge in [-0.3, -0.25) is 4.79 Å². The third-order valence-corrected chi connectivity index (χ3v) is 6.84. The van der Waals surface area contributed by atoms with Crippen molar-refractivity contribution in [2.45, 2.75) is 11.1 Å². The van der Waals surface area contributed by atoms with Crippen molar-refractivity contribution in [2.24, 2.45) is 0 Å². The molecule has 4 rings (SSSR count). The van der Waals surface area contributed by atoms with Crippen LogP contribution in [0.5, 0.6) is 11.5 Å². The lowest BCUT2D eigenvalue weighted by Crippen LogP contribution is -2.50. The molecule has 160 valence electrons. The zero-order valence-corrected chi connectivity index (χ0v) is 16.4. The van der Waals surface area contributed by atoms with Gasteiger partial charge in [-0.15, -0.1) is 0 Å². The SMILES string of the molecule is O=C(c1ccc2c(c1)OCO2)N1CCN(S(=O)(=O)c2cccc(C(F)(F)F)c2)CC1. The molecule has 0 atom stereocenters. The van der Waals surface area contributed by atoms with Gasteiger partial charge in [-0.05, 0) is 36.4 Å². The summed E-state index contributed by atoms with van der Waals surface area (Å²) < 4.78 is 75.8. The van der Waals surface area contributed by atoms with Crippen LogP contribution in [0.4, 0.5) is 13.2 Å². The maximum Gasteiger partial charge on any atom is 0.416 e. The van der Waals surface area contributed by atoms with E-state index >= 15 is 0 Å². The van der Waals surface area contributed by atoms with Crippen LogP contribution in [-0.4, -0.2) is 56.5 Å². The Hall–Kier alpha value is -2.79. The molecular formula is C19H17F3N2O5S. The van der Waals surface area contributed by atoms with Gasteiger partial charge >= 0.3 is 6.18 Å². The van der Waals surface area contributed by atoms with Gasteiger partial charge < -0.3 is 14.4 Å². The van der Waals surface area contributed by atoms with Gasteiger partial charge in [0, 0.05) is 31.7 Å². The van der Waals surface area contributed by atoms with E-state index in [0.717, 1.165) is 22.5 Å². The van der Waals surface area contributed by atoms with Crippen LogP contribution in [0.15, 0.2) is 47.4 Å². The highest BCUT2D eigenvalue weighted by Crippen LogP contribution is 2.33. The molecule has 0 radical (unpaired) electrons. The molecule has 0 aliphatic carbocycles. The first kappa shape index (κ1) is 20.5. The molecule has 11 heteroatoms. The first-order valence-corrected chi connectivity index (χ1v) is 10.5. The van der Waals surface area contributed by atoms with E-state index in [0.29, 0.717) is 23.1 Å². The van der Waals surface area contributed by atoms with E-state index < -0.39 is 26.7 Å². The Morgan fingerprint density at radius 3 is 2.33 bits per heavy atom. The Labute approximate surface area is 170 Å². The minimum atomic E-state index is -4.64. The number of halogens is 3. The molecule has 2 aliphatic rings. The predicted octanol–water partition coefficient (Wildman–Crippen LogP) is 2.58. The Kier molecular flexibility index (Phi) is 5.10. The van der Waals surface area contributed by atoms with Crippen LogP contribution in [0, 0.1) is 0 Å². The van der Waals surface area contributed by atoms with Crippen LogP contribution in [0.25, 0.3) is 0 Å². The molecule has 0 N–H and O–H groups in total. The van der Waals surface area contributed by atoms with E-state index in [9.17, 15) is 26.4 Å². The van der Waals surface area contributed by atoms with Crippen LogP contribution in [0.1, 0.15) is 15.9 Å². The number of benzene rings is 2. The maximum absolute atomic E-state index is 12.9. The number of carbonyl (C=O) groups excluding carboxylic acids is 1. The highest BCUT2D eigenvalue weighted by atomic mass is 32.2. The third kappa shape index (κ3) is 3.82. The number of piperazine rings is 1. The zero-order valence-electron chi connectivity index (χ0n) is 15.6. The summed E-state index contributed by atoms with van der Waals surface area (Å²) >= 11 is 0. The lowest BCUT2D eigenvalue weighted by molar-refractivity contribution is -0.137. The Morgan fingerprint density at radius 2 is 1.63 bits per heavy atom. The molecule has 1 saturated heterocycles. The fourth-order valence-electron chi connectivity index (χ4n) is 3.33. The lowest BCUT2D eigenvalue weighted by Gasteiger charge is -2.34. The number of nitrogens with zero attached hydrogens (tertiary/aromatic N) is 2. The van der Waals surface area contributed by atoms with Crippen molar-refractivity contribution in [3.05, 3.63) is 53.6 Å². The Bertz CT molecular complexity index is 1080. The number of sulfonamides is 1. The van der Waals surface area contributed by atoms with Crippen molar-refractivity contribution in [2.75, 3.05) is 33.0 Å². The van der Waals surface area contributed by atoms with Gasteiger partial charge in [0.25, 0.3) is 5.91 Å². The fraction of sp³-hybridized carbons (Fsp3) is 0.316. The number of hydrogen-bond acceptors (Lipinski definition) is 5. The topological polar surface area (TPSA) is 76.2 Å². The van der Waals surface area contributed by atoms with Crippen molar-refractivity contribution in [3.63, 3.8) is 0 Å². The smallest absolute Gasteiger partial charge is 0.416 e. The zero-order chi connectivity index (χ0) is 21.5. The standard InChI is InChI=1S/C19H17F3N2O5S/c20-19(21,22)14-2-1-3-15(11-14)30(26,27)24-8-6-23(7-9-24)18(25)13-4-5-16-17(10-13)29-12-28-16/h1-5,10-11H,6-9,12H2. The summed E-state index contributed by atoms with van der Waals surface area (Å²) in [7, 11) is -4.11. The van der Waals surface area contributed by atoms with E-state index in [1.54, 1.807) is 18.2 Å². The molecule has 2 heterocycles. The van der Waals surface area contributed by atoms with Crippen molar-refractivity contribution < 1.29 is 35.9 Å². The first-order valence-electron chi connectivity index (χ1n) is 9.02. The molecule has 1 fully saturated rings. The summed E-state index contributed by atoms with van der Waals surface area (Å²) in [5.74, 6) is 0.722. The summed E-state index contributed by atoms with van der Waals surface area (Å²) in [6.45, 7) is 0.278. The Balaban J connectivity index is 1.46. The number of hydrogen-bond donors (Lipinski definition) is 0. The summed E-state index contributed by atoms with van der Waals surface area (Å²) in [6, 6.07) is 8.44. The molecule has 0 saturated carbocycles. The molecule has 2 aliphatic heterocycles. The van der Waals surface area contributed by atoms with E-state index in [1.807, 2.05) is 0 Å². The number of ether oxygens (including phenoxy) is 2. The second-order valence-corrected chi connectivity index (χ2v) is 8.73. The van der Waals surface area contributed by atoms with Crippen molar-refractivity contribution >= 4 is 15.9 Å². The third-order valence-electron chi connectivity index (χ3n) is 4.94. The average molecular weight is 442 g/mol. The van der Waals surface area contributed by atoms with Crippen molar-refractivity contribution in [1.29, 1.82) is 0 Å². The number of fused-ring (bicyclic) bond motifs is 1. The average Bonchev–Trinajstić information content (AvgIpc) is 3.20. The van der Waals surface area contributed by atoms with Gasteiger partial charge in [0.2, 0.25) is 16.8 Å². The quantitative estimate of drug-likeness (QED) is 0.731. The second-order valence-electron chi connectivity index (χ2n) is 6.79. The summed E-state index contributed by atoms with van der Waals surface area (Å²) in [6.07, 6.45) is -4.64. The van der Waals surface area contributed by atoms with Crippen LogP contribution >= 0.6 is 0 Å².